The SMILES string of the molecule is CNc1ccc(S(=O)(=O)Nc2nc(C)co2)c([N+](=O)[O-])c1. The quantitative estimate of drug-likeness (QED) is 0.635. The summed E-state index contributed by atoms with van der Waals surface area (Å²) >= 11 is 0. The summed E-state index contributed by atoms with van der Waals surface area (Å²) in [6.07, 6.45) is 1.26. The van der Waals surface area contributed by atoms with Gasteiger partial charge in [0.05, 0.1) is 10.6 Å². The van der Waals surface area contributed by atoms with Crippen LogP contribution in [0.2, 0.25) is 0 Å². The molecule has 0 unspecified atom stereocenters. The first kappa shape index (κ1) is 14.8. The molecule has 0 spiro atoms. The van der Waals surface area contributed by atoms with E-state index in [1.807, 2.05) is 0 Å². The van der Waals surface area contributed by atoms with Crippen LogP contribution < -0.4 is 10.0 Å². The molecule has 112 valence electrons. The van der Waals surface area contributed by atoms with Gasteiger partial charge < -0.3 is 9.73 Å². The maximum absolute atomic E-state index is 12.2. The summed E-state index contributed by atoms with van der Waals surface area (Å²) in [7, 11) is -2.61. The Kier molecular flexibility index (Phi) is 3.80. The van der Waals surface area contributed by atoms with Gasteiger partial charge in [0, 0.05) is 18.8 Å². The molecule has 0 atom stereocenters. The average molecular weight is 312 g/mol. The van der Waals surface area contributed by atoms with Gasteiger partial charge in [-0.3, -0.25) is 10.1 Å². The topological polar surface area (TPSA) is 127 Å². The number of aryl methyl sites for hydroxylation is 1. The summed E-state index contributed by atoms with van der Waals surface area (Å²) in [6.45, 7) is 1.62. The Morgan fingerprint density at radius 2 is 2.10 bits per heavy atom. The molecule has 2 rings (SSSR count). The number of nitro benzene ring substituents is 1. The molecule has 2 aromatic rings. The summed E-state index contributed by atoms with van der Waals surface area (Å²) in [5.41, 5.74) is 0.359. The van der Waals surface area contributed by atoms with Crippen LogP contribution in [0.15, 0.2) is 33.8 Å². The number of hydrogen-bond donors (Lipinski definition) is 2. The Balaban J connectivity index is 2.46. The predicted octanol–water partition coefficient (Wildman–Crippen LogP) is 1.73. The van der Waals surface area contributed by atoms with Crippen LogP contribution in [0.4, 0.5) is 17.4 Å². The predicted molar refractivity (Wildman–Crippen MR) is 74.7 cm³/mol. The highest BCUT2D eigenvalue weighted by molar-refractivity contribution is 7.92. The van der Waals surface area contributed by atoms with Crippen LogP contribution in [-0.4, -0.2) is 25.4 Å². The van der Waals surface area contributed by atoms with Crippen molar-refractivity contribution >= 4 is 27.4 Å². The fourth-order valence-corrected chi connectivity index (χ4v) is 2.70. The Hall–Kier alpha value is -2.62. The molecule has 0 aliphatic carbocycles. The van der Waals surface area contributed by atoms with Crippen molar-refractivity contribution in [3.05, 3.63) is 40.3 Å². The van der Waals surface area contributed by atoms with E-state index in [1.54, 1.807) is 14.0 Å². The van der Waals surface area contributed by atoms with E-state index in [9.17, 15) is 18.5 Å². The van der Waals surface area contributed by atoms with Crippen molar-refractivity contribution in [1.82, 2.24) is 4.98 Å². The number of nitrogens with zero attached hydrogens (tertiary/aromatic N) is 2. The van der Waals surface area contributed by atoms with Gasteiger partial charge in [-0.25, -0.2) is 13.1 Å². The van der Waals surface area contributed by atoms with Crippen LogP contribution in [0.25, 0.3) is 0 Å². The van der Waals surface area contributed by atoms with E-state index in [1.165, 1.54) is 12.3 Å². The maximum Gasteiger partial charge on any atom is 0.309 e. The number of anilines is 2. The molecule has 1 heterocycles. The first-order valence-electron chi connectivity index (χ1n) is 5.74. The molecule has 0 amide bonds. The third kappa shape index (κ3) is 3.11. The van der Waals surface area contributed by atoms with Crippen molar-refractivity contribution in [3.8, 4) is 0 Å². The highest BCUT2D eigenvalue weighted by Crippen LogP contribution is 2.28. The number of nitrogens with one attached hydrogen (secondary N) is 2. The van der Waals surface area contributed by atoms with E-state index in [2.05, 4.69) is 15.0 Å². The highest BCUT2D eigenvalue weighted by atomic mass is 32.2. The summed E-state index contributed by atoms with van der Waals surface area (Å²) in [5.74, 6) is 0. The van der Waals surface area contributed by atoms with Crippen LogP contribution >= 0.6 is 0 Å². The lowest BCUT2D eigenvalue weighted by Gasteiger charge is -2.07. The van der Waals surface area contributed by atoms with Crippen LogP contribution in [-0.2, 0) is 10.0 Å². The molecule has 1 aromatic heterocycles. The summed E-state index contributed by atoms with van der Waals surface area (Å²) in [5, 5.41) is 13.7. The van der Waals surface area contributed by atoms with E-state index in [0.717, 1.165) is 12.1 Å². The highest BCUT2D eigenvalue weighted by Gasteiger charge is 2.27. The molecule has 0 fully saturated rings. The number of hydrogen-bond acceptors (Lipinski definition) is 7. The van der Waals surface area contributed by atoms with Crippen molar-refractivity contribution in [2.45, 2.75) is 11.8 Å². The van der Waals surface area contributed by atoms with Gasteiger partial charge in [-0.15, -0.1) is 0 Å². The molecule has 0 saturated heterocycles. The standard InChI is InChI=1S/C11H12N4O5S/c1-7-6-20-11(13-7)14-21(18,19)10-4-3-8(12-2)5-9(10)15(16)17/h3-6,12H,1-2H3,(H,13,14). The van der Waals surface area contributed by atoms with Crippen molar-refractivity contribution in [2.24, 2.45) is 0 Å². The second-order valence-corrected chi connectivity index (χ2v) is 5.74. The van der Waals surface area contributed by atoms with E-state index in [4.69, 9.17) is 4.42 Å². The maximum atomic E-state index is 12.2. The first-order chi connectivity index (χ1) is 9.83. The number of benzene rings is 1. The van der Waals surface area contributed by atoms with Gasteiger partial charge in [-0.1, -0.05) is 0 Å². The van der Waals surface area contributed by atoms with Gasteiger partial charge in [-0.05, 0) is 19.1 Å². The lowest BCUT2D eigenvalue weighted by molar-refractivity contribution is -0.387. The first-order valence-corrected chi connectivity index (χ1v) is 7.23. The number of aromatic nitrogens is 1. The molecule has 0 radical (unpaired) electrons. The Bertz CT molecular complexity index is 784. The van der Waals surface area contributed by atoms with Crippen LogP contribution in [0.1, 0.15) is 5.69 Å². The smallest absolute Gasteiger partial charge is 0.309 e. The zero-order valence-corrected chi connectivity index (χ0v) is 12.0. The second-order valence-electron chi connectivity index (χ2n) is 4.09. The average Bonchev–Trinajstić information content (AvgIpc) is 2.82. The molecule has 0 aliphatic rings. The summed E-state index contributed by atoms with van der Waals surface area (Å²) < 4.78 is 31.3. The van der Waals surface area contributed by atoms with Crippen molar-refractivity contribution in [2.75, 3.05) is 17.1 Å². The monoisotopic (exact) mass is 312 g/mol. The number of oxazole rings is 1. The van der Waals surface area contributed by atoms with Crippen molar-refractivity contribution in [1.29, 1.82) is 0 Å². The molecule has 0 bridgehead atoms. The van der Waals surface area contributed by atoms with E-state index in [-0.39, 0.29) is 6.01 Å². The van der Waals surface area contributed by atoms with Gasteiger partial charge in [0.15, 0.2) is 4.90 Å². The molecule has 10 heteroatoms. The van der Waals surface area contributed by atoms with Gasteiger partial charge in [0.25, 0.3) is 15.7 Å². The second kappa shape index (κ2) is 5.40. The molecular weight excluding hydrogens is 300 g/mol. The minimum atomic E-state index is -4.18. The Morgan fingerprint density at radius 3 is 2.62 bits per heavy atom. The lowest BCUT2D eigenvalue weighted by Crippen LogP contribution is -2.15. The lowest BCUT2D eigenvalue weighted by atomic mass is 10.3. The van der Waals surface area contributed by atoms with Crippen LogP contribution in [0, 0.1) is 17.0 Å². The van der Waals surface area contributed by atoms with Gasteiger partial charge in [0.2, 0.25) is 0 Å². The Morgan fingerprint density at radius 1 is 1.38 bits per heavy atom. The molecule has 21 heavy (non-hydrogen) atoms. The van der Waals surface area contributed by atoms with Crippen LogP contribution in [0.5, 0.6) is 0 Å². The Labute approximate surface area is 120 Å². The van der Waals surface area contributed by atoms with Crippen molar-refractivity contribution < 1.29 is 17.8 Å². The van der Waals surface area contributed by atoms with Crippen LogP contribution in [0.3, 0.4) is 0 Å². The molecule has 0 saturated carbocycles. The zero-order chi connectivity index (χ0) is 15.6. The van der Waals surface area contributed by atoms with E-state index in [0.29, 0.717) is 11.4 Å². The number of rotatable bonds is 5. The van der Waals surface area contributed by atoms with Gasteiger partial charge >= 0.3 is 6.01 Å². The molecule has 9 nitrogen and oxygen atoms in total. The fourth-order valence-electron chi connectivity index (χ4n) is 1.61. The van der Waals surface area contributed by atoms with Gasteiger partial charge in [-0.2, -0.15) is 4.98 Å². The van der Waals surface area contributed by atoms with E-state index < -0.39 is 25.5 Å². The van der Waals surface area contributed by atoms with Crippen molar-refractivity contribution in [3.63, 3.8) is 0 Å². The third-order valence-electron chi connectivity index (χ3n) is 2.57. The number of nitro groups is 1. The van der Waals surface area contributed by atoms with E-state index >= 15 is 0 Å². The summed E-state index contributed by atoms with van der Waals surface area (Å²) in [4.78, 5) is 13.6. The molecule has 1 aromatic carbocycles. The fraction of sp³-hybridized carbons (Fsp3) is 0.182. The number of sulfonamides is 1. The van der Waals surface area contributed by atoms with Gasteiger partial charge in [0.1, 0.15) is 6.26 Å². The molecule has 0 aliphatic heterocycles. The normalized spacial score (nSPS) is 11.1. The summed E-state index contributed by atoms with van der Waals surface area (Å²) in [6, 6.07) is 3.44. The minimum absolute atomic E-state index is 0.250. The minimum Gasteiger partial charge on any atom is -0.431 e. The molecule has 2 N–H and O–H groups in total. The third-order valence-corrected chi connectivity index (χ3v) is 3.94. The zero-order valence-electron chi connectivity index (χ0n) is 11.2. The largest absolute Gasteiger partial charge is 0.431 e. The molecular formula is C11H12N4O5S.